The molecule has 0 aliphatic heterocycles. The van der Waals surface area contributed by atoms with Crippen LogP contribution in [0.1, 0.15) is 30.8 Å². The zero-order valence-corrected chi connectivity index (χ0v) is 14.0. The number of nitrogens with zero attached hydrogens (tertiary/aromatic N) is 5. The van der Waals surface area contributed by atoms with Crippen LogP contribution in [0.25, 0.3) is 17.1 Å². The molecule has 0 fully saturated rings. The molecule has 0 saturated carbocycles. The Morgan fingerprint density at radius 2 is 1.87 bits per heavy atom. The van der Waals surface area contributed by atoms with E-state index in [1.807, 2.05) is 10.7 Å². The predicted octanol–water partition coefficient (Wildman–Crippen LogP) is 3.54. The molecule has 5 heteroatoms. The summed E-state index contributed by atoms with van der Waals surface area (Å²) in [4.78, 5) is 4.73. The molecule has 23 heavy (non-hydrogen) atoms. The van der Waals surface area contributed by atoms with Gasteiger partial charge in [-0.3, -0.25) is 0 Å². The van der Waals surface area contributed by atoms with E-state index in [2.05, 4.69) is 56.1 Å². The molecule has 3 rings (SSSR count). The normalized spacial score (nSPS) is 11.2. The van der Waals surface area contributed by atoms with Crippen LogP contribution in [-0.2, 0) is 6.42 Å². The Labute approximate surface area is 136 Å². The summed E-state index contributed by atoms with van der Waals surface area (Å²) in [6, 6.07) is 8.24. The van der Waals surface area contributed by atoms with Crippen LogP contribution in [0.4, 0.5) is 0 Å². The van der Waals surface area contributed by atoms with E-state index in [-0.39, 0.29) is 0 Å². The fraction of sp³-hybridized carbons (Fsp3) is 0.333. The van der Waals surface area contributed by atoms with Gasteiger partial charge in [0.2, 0.25) is 0 Å². The van der Waals surface area contributed by atoms with E-state index >= 15 is 0 Å². The Hall–Kier alpha value is -2.56. The lowest BCUT2D eigenvalue weighted by atomic mass is 10.1. The zero-order valence-electron chi connectivity index (χ0n) is 14.0. The van der Waals surface area contributed by atoms with Crippen molar-refractivity contribution >= 4 is 0 Å². The van der Waals surface area contributed by atoms with Crippen LogP contribution in [0, 0.1) is 19.8 Å². The zero-order chi connectivity index (χ0) is 16.4. The molecular formula is C18H21N5. The van der Waals surface area contributed by atoms with E-state index in [4.69, 9.17) is 10.1 Å². The fourth-order valence-electron chi connectivity index (χ4n) is 2.45. The van der Waals surface area contributed by atoms with Gasteiger partial charge in [0.1, 0.15) is 0 Å². The van der Waals surface area contributed by atoms with E-state index in [1.54, 1.807) is 12.4 Å². The van der Waals surface area contributed by atoms with Crippen LogP contribution in [0.15, 0.2) is 36.7 Å². The minimum Gasteiger partial charge on any atom is -0.213 e. The maximum Gasteiger partial charge on any atom is 0.165 e. The van der Waals surface area contributed by atoms with Crippen LogP contribution in [-0.4, -0.2) is 25.0 Å². The lowest BCUT2D eigenvalue weighted by molar-refractivity contribution is 0.618. The minimum absolute atomic E-state index is 0.508. The third-order valence-electron chi connectivity index (χ3n) is 3.82. The second-order valence-electron chi connectivity index (χ2n) is 6.26. The number of hydrogen-bond acceptors (Lipinski definition) is 4. The van der Waals surface area contributed by atoms with E-state index in [9.17, 15) is 0 Å². The molecule has 0 amide bonds. The smallest absolute Gasteiger partial charge is 0.165 e. The van der Waals surface area contributed by atoms with Gasteiger partial charge in [-0.1, -0.05) is 19.9 Å². The number of aromatic nitrogens is 5. The highest BCUT2D eigenvalue weighted by Crippen LogP contribution is 2.22. The van der Waals surface area contributed by atoms with Crippen LogP contribution in [0.5, 0.6) is 0 Å². The van der Waals surface area contributed by atoms with Gasteiger partial charge in [0.25, 0.3) is 0 Å². The van der Waals surface area contributed by atoms with Gasteiger partial charge in [-0.25, -0.2) is 9.67 Å². The molecule has 5 nitrogen and oxygen atoms in total. The monoisotopic (exact) mass is 307 g/mol. The Balaban J connectivity index is 2.13. The maximum atomic E-state index is 4.73. The lowest BCUT2D eigenvalue weighted by Crippen LogP contribution is -2.02. The van der Waals surface area contributed by atoms with Gasteiger partial charge >= 0.3 is 0 Å². The van der Waals surface area contributed by atoms with Gasteiger partial charge in [-0.2, -0.15) is 15.3 Å². The van der Waals surface area contributed by atoms with Crippen LogP contribution in [0.3, 0.4) is 0 Å². The Bertz CT molecular complexity index is 806. The van der Waals surface area contributed by atoms with Gasteiger partial charge in [-0.15, -0.1) is 0 Å². The molecule has 0 aliphatic rings. The summed E-state index contributed by atoms with van der Waals surface area (Å²) in [5, 5.41) is 12.5. The van der Waals surface area contributed by atoms with Crippen molar-refractivity contribution in [3.8, 4) is 17.1 Å². The Morgan fingerprint density at radius 1 is 1.04 bits per heavy atom. The van der Waals surface area contributed by atoms with Gasteiger partial charge in [0, 0.05) is 12.0 Å². The first-order valence-corrected chi connectivity index (χ1v) is 7.85. The summed E-state index contributed by atoms with van der Waals surface area (Å²) in [5.74, 6) is 2.16. The molecule has 0 unspecified atom stereocenters. The van der Waals surface area contributed by atoms with Gasteiger partial charge in [0.05, 0.1) is 18.1 Å². The first-order valence-electron chi connectivity index (χ1n) is 7.85. The average Bonchev–Trinajstić information content (AvgIpc) is 2.94. The quantitative estimate of drug-likeness (QED) is 0.740. The molecule has 3 aromatic rings. The topological polar surface area (TPSA) is 56.5 Å². The van der Waals surface area contributed by atoms with E-state index < -0.39 is 0 Å². The molecular weight excluding hydrogens is 286 g/mol. The molecule has 2 aromatic heterocycles. The molecule has 118 valence electrons. The van der Waals surface area contributed by atoms with Crippen molar-refractivity contribution in [2.24, 2.45) is 5.92 Å². The molecule has 0 N–H and O–H groups in total. The summed E-state index contributed by atoms with van der Waals surface area (Å²) >= 11 is 0. The van der Waals surface area contributed by atoms with Crippen molar-refractivity contribution in [3.63, 3.8) is 0 Å². The van der Waals surface area contributed by atoms with Crippen LogP contribution < -0.4 is 0 Å². The predicted molar refractivity (Wildman–Crippen MR) is 90.4 cm³/mol. The van der Waals surface area contributed by atoms with E-state index in [0.717, 1.165) is 29.3 Å². The summed E-state index contributed by atoms with van der Waals surface area (Å²) in [6.45, 7) is 8.56. The number of benzene rings is 1. The maximum absolute atomic E-state index is 4.73. The summed E-state index contributed by atoms with van der Waals surface area (Å²) in [7, 11) is 0. The highest BCUT2D eigenvalue weighted by Gasteiger charge is 2.15. The molecule has 0 aliphatic carbocycles. The number of aryl methyl sites for hydroxylation is 2. The third kappa shape index (κ3) is 3.28. The van der Waals surface area contributed by atoms with E-state index in [0.29, 0.717) is 5.92 Å². The first-order chi connectivity index (χ1) is 11.0. The molecule has 0 bridgehead atoms. The third-order valence-corrected chi connectivity index (χ3v) is 3.82. The number of hydrogen-bond donors (Lipinski definition) is 0. The summed E-state index contributed by atoms with van der Waals surface area (Å²) in [5.41, 5.74) is 4.44. The Morgan fingerprint density at radius 3 is 2.52 bits per heavy atom. The highest BCUT2D eigenvalue weighted by atomic mass is 15.4. The molecule has 0 radical (unpaired) electrons. The molecule has 1 aromatic carbocycles. The van der Waals surface area contributed by atoms with Crippen molar-refractivity contribution in [1.29, 1.82) is 0 Å². The fourth-order valence-corrected chi connectivity index (χ4v) is 2.45. The van der Waals surface area contributed by atoms with E-state index in [1.165, 1.54) is 11.1 Å². The molecule has 0 saturated heterocycles. The van der Waals surface area contributed by atoms with Crippen molar-refractivity contribution in [2.45, 2.75) is 34.1 Å². The second kappa shape index (κ2) is 6.28. The van der Waals surface area contributed by atoms with Crippen molar-refractivity contribution in [3.05, 3.63) is 53.6 Å². The molecule has 2 heterocycles. The van der Waals surface area contributed by atoms with Crippen LogP contribution in [0.2, 0.25) is 0 Å². The highest BCUT2D eigenvalue weighted by molar-refractivity contribution is 5.56. The molecule has 0 spiro atoms. The van der Waals surface area contributed by atoms with Gasteiger partial charge < -0.3 is 0 Å². The standard InChI is InChI=1S/C18H21N5/c1-12(2)9-17-21-18(15-7-8-19-20-11-15)23(22-17)16-6-5-13(3)14(4)10-16/h5-8,10-12H,9H2,1-4H3. The number of rotatable bonds is 4. The van der Waals surface area contributed by atoms with Gasteiger partial charge in [-0.05, 0) is 49.1 Å². The second-order valence-corrected chi connectivity index (χ2v) is 6.26. The lowest BCUT2D eigenvalue weighted by Gasteiger charge is -2.08. The minimum atomic E-state index is 0.508. The summed E-state index contributed by atoms with van der Waals surface area (Å²) in [6.07, 6.45) is 4.25. The largest absolute Gasteiger partial charge is 0.213 e. The molecule has 0 atom stereocenters. The SMILES string of the molecule is Cc1ccc(-n2nc(CC(C)C)nc2-c2ccnnc2)cc1C. The Kier molecular flexibility index (Phi) is 4.19. The van der Waals surface area contributed by atoms with Crippen molar-refractivity contribution in [1.82, 2.24) is 25.0 Å². The van der Waals surface area contributed by atoms with Crippen LogP contribution >= 0.6 is 0 Å². The summed E-state index contributed by atoms with van der Waals surface area (Å²) < 4.78 is 1.90. The first kappa shape index (κ1) is 15.3. The average molecular weight is 307 g/mol. The van der Waals surface area contributed by atoms with Gasteiger partial charge in [0.15, 0.2) is 11.6 Å². The van der Waals surface area contributed by atoms with Crippen molar-refractivity contribution in [2.75, 3.05) is 0 Å². The van der Waals surface area contributed by atoms with Crippen molar-refractivity contribution < 1.29 is 0 Å².